The summed E-state index contributed by atoms with van der Waals surface area (Å²) in [6.07, 6.45) is 5.43. The summed E-state index contributed by atoms with van der Waals surface area (Å²) in [6, 6.07) is 0.654. The van der Waals surface area contributed by atoms with E-state index in [0.717, 1.165) is 57.9 Å². The van der Waals surface area contributed by atoms with Gasteiger partial charge in [-0.3, -0.25) is 4.99 Å². The molecule has 0 spiro atoms. The fourth-order valence-corrected chi connectivity index (χ4v) is 2.37. The maximum Gasteiger partial charge on any atom is 0.191 e. The summed E-state index contributed by atoms with van der Waals surface area (Å²) in [5.41, 5.74) is 0. The van der Waals surface area contributed by atoms with Gasteiger partial charge in [0.05, 0.1) is 6.10 Å². The van der Waals surface area contributed by atoms with Gasteiger partial charge >= 0.3 is 0 Å². The molecule has 5 nitrogen and oxygen atoms in total. The number of nitrogens with one attached hydrogen (secondary N) is 2. The first-order valence-corrected chi connectivity index (χ1v) is 7.73. The topological polar surface area (TPSA) is 59.9 Å². The number of aliphatic imine (C=N–C) groups is 1. The number of piperidine rings is 1. The summed E-state index contributed by atoms with van der Waals surface area (Å²) in [5.74, 6) is 0.971. The fourth-order valence-electron chi connectivity index (χ4n) is 2.37. The van der Waals surface area contributed by atoms with E-state index >= 15 is 0 Å². The Hall–Kier alpha value is -0.810. The molecule has 110 valence electrons. The van der Waals surface area contributed by atoms with Gasteiger partial charge in [-0.25, -0.2) is 0 Å². The number of likely N-dealkylation sites (tertiary alicyclic amines) is 1. The molecule has 0 aromatic carbocycles. The standard InChI is InChI=1S/C14H28N4O/c1-2-15-14(17-12-4-5-12)16-8-3-9-18-10-6-13(19)7-11-18/h12-13,19H,2-11H2,1H3,(H2,15,16,17). The lowest BCUT2D eigenvalue weighted by molar-refractivity contribution is 0.0824. The molecule has 0 unspecified atom stereocenters. The van der Waals surface area contributed by atoms with E-state index in [1.165, 1.54) is 12.8 Å². The van der Waals surface area contributed by atoms with E-state index in [-0.39, 0.29) is 6.10 Å². The molecule has 1 aliphatic carbocycles. The Morgan fingerprint density at radius 2 is 2.00 bits per heavy atom. The highest BCUT2D eigenvalue weighted by atomic mass is 16.3. The molecule has 2 aliphatic rings. The van der Waals surface area contributed by atoms with Crippen molar-refractivity contribution in [1.82, 2.24) is 15.5 Å². The maximum absolute atomic E-state index is 9.46. The molecule has 0 bridgehead atoms. The molecule has 0 radical (unpaired) electrons. The fraction of sp³-hybridized carbons (Fsp3) is 0.929. The van der Waals surface area contributed by atoms with Crippen LogP contribution in [0.5, 0.6) is 0 Å². The quantitative estimate of drug-likeness (QED) is 0.374. The molecule has 3 N–H and O–H groups in total. The van der Waals surface area contributed by atoms with Crippen LogP contribution in [0.25, 0.3) is 0 Å². The van der Waals surface area contributed by atoms with Crippen LogP contribution in [0.4, 0.5) is 0 Å². The molecule has 1 heterocycles. The van der Waals surface area contributed by atoms with Gasteiger partial charge in [-0.15, -0.1) is 0 Å². The highest BCUT2D eigenvalue weighted by Crippen LogP contribution is 2.18. The molecular formula is C14H28N4O. The number of guanidine groups is 1. The molecule has 0 aromatic heterocycles. The lowest BCUT2D eigenvalue weighted by Crippen LogP contribution is -2.39. The van der Waals surface area contributed by atoms with Crippen molar-refractivity contribution < 1.29 is 5.11 Å². The number of aliphatic hydroxyl groups excluding tert-OH is 1. The van der Waals surface area contributed by atoms with Crippen LogP contribution >= 0.6 is 0 Å². The smallest absolute Gasteiger partial charge is 0.191 e. The molecular weight excluding hydrogens is 240 g/mol. The van der Waals surface area contributed by atoms with E-state index < -0.39 is 0 Å². The van der Waals surface area contributed by atoms with Crippen LogP contribution < -0.4 is 10.6 Å². The summed E-state index contributed by atoms with van der Waals surface area (Å²) >= 11 is 0. The minimum atomic E-state index is -0.0719. The third kappa shape index (κ3) is 5.78. The van der Waals surface area contributed by atoms with E-state index in [1.807, 2.05) is 0 Å². The van der Waals surface area contributed by atoms with Gasteiger partial charge in [-0.1, -0.05) is 0 Å². The second kappa shape index (κ2) is 7.70. The van der Waals surface area contributed by atoms with E-state index in [4.69, 9.17) is 0 Å². The monoisotopic (exact) mass is 268 g/mol. The first kappa shape index (κ1) is 14.6. The normalized spacial score (nSPS) is 22.5. The van der Waals surface area contributed by atoms with Crippen molar-refractivity contribution in [3.63, 3.8) is 0 Å². The van der Waals surface area contributed by atoms with Crippen LogP contribution in [0.3, 0.4) is 0 Å². The number of rotatable bonds is 6. The zero-order chi connectivity index (χ0) is 13.5. The zero-order valence-corrected chi connectivity index (χ0v) is 12.1. The summed E-state index contributed by atoms with van der Waals surface area (Å²) in [6.45, 7) is 7.06. The summed E-state index contributed by atoms with van der Waals surface area (Å²) in [4.78, 5) is 7.05. The van der Waals surface area contributed by atoms with Gasteiger partial charge in [0, 0.05) is 32.2 Å². The number of hydrogen-bond donors (Lipinski definition) is 3. The predicted octanol–water partition coefficient (Wildman–Crippen LogP) is 0.551. The second-order valence-electron chi connectivity index (χ2n) is 5.61. The Morgan fingerprint density at radius 3 is 2.63 bits per heavy atom. The highest BCUT2D eigenvalue weighted by Gasteiger charge is 2.22. The summed E-state index contributed by atoms with van der Waals surface area (Å²) in [7, 11) is 0. The molecule has 1 saturated heterocycles. The zero-order valence-electron chi connectivity index (χ0n) is 12.1. The van der Waals surface area contributed by atoms with Crippen LogP contribution in [0.2, 0.25) is 0 Å². The van der Waals surface area contributed by atoms with Crippen molar-refractivity contribution in [2.45, 2.75) is 51.2 Å². The molecule has 1 saturated carbocycles. The van der Waals surface area contributed by atoms with Crippen molar-refractivity contribution in [3.8, 4) is 0 Å². The Labute approximate surface area is 116 Å². The van der Waals surface area contributed by atoms with E-state index in [0.29, 0.717) is 6.04 Å². The van der Waals surface area contributed by atoms with Crippen molar-refractivity contribution in [3.05, 3.63) is 0 Å². The van der Waals surface area contributed by atoms with Crippen LogP contribution in [0.15, 0.2) is 4.99 Å². The van der Waals surface area contributed by atoms with Gasteiger partial charge in [0.2, 0.25) is 0 Å². The van der Waals surface area contributed by atoms with Crippen molar-refractivity contribution in [1.29, 1.82) is 0 Å². The second-order valence-corrected chi connectivity index (χ2v) is 5.61. The number of aliphatic hydroxyl groups is 1. The summed E-state index contributed by atoms with van der Waals surface area (Å²) in [5, 5.41) is 16.2. The lowest BCUT2D eigenvalue weighted by Gasteiger charge is -2.29. The Bertz CT molecular complexity index is 283. The van der Waals surface area contributed by atoms with E-state index in [2.05, 4.69) is 27.4 Å². The van der Waals surface area contributed by atoms with Gasteiger partial charge in [0.15, 0.2) is 5.96 Å². The first-order chi connectivity index (χ1) is 9.28. The van der Waals surface area contributed by atoms with Crippen molar-refractivity contribution >= 4 is 5.96 Å². The average molecular weight is 268 g/mol. The Balaban J connectivity index is 1.60. The molecule has 0 atom stereocenters. The van der Waals surface area contributed by atoms with Gasteiger partial charge in [-0.05, 0) is 45.6 Å². The van der Waals surface area contributed by atoms with Gasteiger partial charge in [-0.2, -0.15) is 0 Å². The Kier molecular flexibility index (Phi) is 5.92. The molecule has 0 aromatic rings. The van der Waals surface area contributed by atoms with Crippen LogP contribution in [-0.4, -0.2) is 60.8 Å². The third-order valence-electron chi connectivity index (χ3n) is 3.72. The molecule has 19 heavy (non-hydrogen) atoms. The third-order valence-corrected chi connectivity index (χ3v) is 3.72. The van der Waals surface area contributed by atoms with Gasteiger partial charge in [0.1, 0.15) is 0 Å². The molecule has 2 fully saturated rings. The number of hydrogen-bond acceptors (Lipinski definition) is 3. The van der Waals surface area contributed by atoms with Crippen LogP contribution in [0.1, 0.15) is 39.0 Å². The molecule has 1 aliphatic heterocycles. The van der Waals surface area contributed by atoms with Gasteiger partial charge in [0.25, 0.3) is 0 Å². The van der Waals surface area contributed by atoms with Gasteiger partial charge < -0.3 is 20.6 Å². The van der Waals surface area contributed by atoms with Crippen LogP contribution in [-0.2, 0) is 0 Å². The lowest BCUT2D eigenvalue weighted by atomic mass is 10.1. The van der Waals surface area contributed by atoms with E-state index in [1.54, 1.807) is 0 Å². The SMILES string of the molecule is CCNC(=NCCCN1CCC(O)CC1)NC1CC1. The first-order valence-electron chi connectivity index (χ1n) is 7.73. The van der Waals surface area contributed by atoms with E-state index in [9.17, 15) is 5.11 Å². The molecule has 5 heteroatoms. The molecule has 0 amide bonds. The average Bonchev–Trinajstić information content (AvgIpc) is 3.21. The minimum absolute atomic E-state index is 0.0719. The van der Waals surface area contributed by atoms with Crippen LogP contribution in [0, 0.1) is 0 Å². The minimum Gasteiger partial charge on any atom is -0.393 e. The Morgan fingerprint density at radius 1 is 1.26 bits per heavy atom. The maximum atomic E-state index is 9.46. The summed E-state index contributed by atoms with van der Waals surface area (Å²) < 4.78 is 0. The predicted molar refractivity (Wildman–Crippen MR) is 78.4 cm³/mol. The van der Waals surface area contributed by atoms with Crippen molar-refractivity contribution in [2.24, 2.45) is 4.99 Å². The molecule has 2 rings (SSSR count). The number of nitrogens with zero attached hydrogens (tertiary/aromatic N) is 2. The highest BCUT2D eigenvalue weighted by molar-refractivity contribution is 5.80. The van der Waals surface area contributed by atoms with Crippen molar-refractivity contribution in [2.75, 3.05) is 32.7 Å². The largest absolute Gasteiger partial charge is 0.393 e.